The molecule has 0 saturated carbocycles. The molecule has 3 heterocycles. The molecule has 12 aromatic rings. The predicted octanol–water partition coefficient (Wildman–Crippen LogP) is 13.9. The smallest absolute Gasteiger partial charge is 0.231 e. The van der Waals surface area contributed by atoms with Crippen molar-refractivity contribution in [2.45, 2.75) is 0 Å². The summed E-state index contributed by atoms with van der Waals surface area (Å²) in [7, 11) is 0. The van der Waals surface area contributed by atoms with Gasteiger partial charge < -0.3 is 8.98 Å². The van der Waals surface area contributed by atoms with E-state index < -0.39 is 0 Å². The van der Waals surface area contributed by atoms with Crippen LogP contribution in [0.25, 0.3) is 127 Å². The molecule has 0 unspecified atom stereocenters. The Morgan fingerprint density at radius 3 is 1.66 bits per heavy atom. The number of hydrogen-bond acceptors (Lipinski definition) is 3. The molecule has 1 aliphatic carbocycles. The molecule has 0 saturated heterocycles. The van der Waals surface area contributed by atoms with E-state index in [2.05, 4.69) is 168 Å². The summed E-state index contributed by atoms with van der Waals surface area (Å²) in [6.07, 6.45) is 0. The SMILES string of the molecule is c1ccc2c(c1)-c1cccc3c(-c4nc(-c5ccc(-n6c7ccc8ccccc8c7c7c8ccccc8ccc76)cc5)nc5oc6ccccc6c45)ccc-2c13. The standard InChI is InChI=1S/C52H29N3O/c1-3-12-34-30(10-1)22-28-43-47(34)48-35-13-4-2-11-31(35)23-29-44(48)55(43)33-24-20-32(21-25-33)51-53-50(49-42-16-7-8-19-45(42)56-52(49)54-51)41-27-26-40-37-15-6-5-14-36(37)38-17-9-18-39(41)46(38)40/h1-29H. The second kappa shape index (κ2) is 11.0. The molecule has 13 rings (SSSR count). The molecule has 0 radical (unpaired) electrons. The topological polar surface area (TPSA) is 43.9 Å². The molecule has 0 N–H and O–H groups in total. The maximum atomic E-state index is 6.49. The molecule has 0 bridgehead atoms. The Morgan fingerprint density at radius 1 is 0.375 bits per heavy atom. The van der Waals surface area contributed by atoms with Crippen LogP contribution < -0.4 is 0 Å². The van der Waals surface area contributed by atoms with E-state index in [-0.39, 0.29) is 0 Å². The highest BCUT2D eigenvalue weighted by Gasteiger charge is 2.25. The number of rotatable bonds is 3. The predicted molar refractivity (Wildman–Crippen MR) is 231 cm³/mol. The summed E-state index contributed by atoms with van der Waals surface area (Å²) in [5, 5.41) is 11.9. The Balaban J connectivity index is 1.03. The van der Waals surface area contributed by atoms with E-state index in [0.717, 1.165) is 38.9 Å². The number of fused-ring (bicyclic) bond motifs is 13. The van der Waals surface area contributed by atoms with Gasteiger partial charge in [0.15, 0.2) is 5.82 Å². The number of nitrogens with zero attached hydrogens (tertiary/aromatic N) is 3. The van der Waals surface area contributed by atoms with Crippen molar-refractivity contribution in [2.75, 3.05) is 0 Å². The van der Waals surface area contributed by atoms with Gasteiger partial charge in [0.25, 0.3) is 0 Å². The third-order valence-corrected chi connectivity index (χ3v) is 12.0. The molecule has 1 aliphatic rings. The zero-order valence-electron chi connectivity index (χ0n) is 30.0. The fourth-order valence-electron chi connectivity index (χ4n) is 9.55. The fraction of sp³-hybridized carbons (Fsp3) is 0. The Morgan fingerprint density at radius 2 is 0.946 bits per heavy atom. The van der Waals surface area contributed by atoms with E-state index in [4.69, 9.17) is 14.4 Å². The quantitative estimate of drug-likeness (QED) is 0.183. The first kappa shape index (κ1) is 29.8. The molecular formula is C52H29N3O. The summed E-state index contributed by atoms with van der Waals surface area (Å²) in [5.74, 6) is 0.629. The van der Waals surface area contributed by atoms with Crippen LogP contribution in [0, 0.1) is 0 Å². The zero-order chi connectivity index (χ0) is 36.5. The average Bonchev–Trinajstić information content (AvgIpc) is 3.92. The molecule has 0 atom stereocenters. The van der Waals surface area contributed by atoms with E-state index in [1.807, 2.05) is 12.1 Å². The highest BCUT2D eigenvalue weighted by molar-refractivity contribution is 6.28. The normalized spacial score (nSPS) is 12.3. The molecular weight excluding hydrogens is 683 g/mol. The van der Waals surface area contributed by atoms with Crippen LogP contribution in [-0.2, 0) is 0 Å². The first-order valence-corrected chi connectivity index (χ1v) is 19.1. The molecule has 4 heteroatoms. The van der Waals surface area contributed by atoms with Gasteiger partial charge >= 0.3 is 0 Å². The molecule has 9 aromatic carbocycles. The maximum Gasteiger partial charge on any atom is 0.231 e. The van der Waals surface area contributed by atoms with Gasteiger partial charge in [0.1, 0.15) is 5.58 Å². The van der Waals surface area contributed by atoms with Crippen LogP contribution in [0.3, 0.4) is 0 Å². The van der Waals surface area contributed by atoms with Crippen molar-refractivity contribution in [1.29, 1.82) is 0 Å². The second-order valence-corrected chi connectivity index (χ2v) is 14.9. The number of para-hydroxylation sites is 1. The molecule has 0 amide bonds. The Hall–Kier alpha value is -7.56. The van der Waals surface area contributed by atoms with Gasteiger partial charge in [-0.25, -0.2) is 4.98 Å². The van der Waals surface area contributed by atoms with Crippen LogP contribution in [0.1, 0.15) is 0 Å². The Kier molecular flexibility index (Phi) is 5.86. The van der Waals surface area contributed by atoms with Crippen molar-refractivity contribution in [1.82, 2.24) is 14.5 Å². The van der Waals surface area contributed by atoms with Gasteiger partial charge in [-0.3, -0.25) is 0 Å². The van der Waals surface area contributed by atoms with Gasteiger partial charge in [0, 0.05) is 33.0 Å². The summed E-state index contributed by atoms with van der Waals surface area (Å²) >= 11 is 0. The molecule has 0 spiro atoms. The summed E-state index contributed by atoms with van der Waals surface area (Å²) in [6.45, 7) is 0. The van der Waals surface area contributed by atoms with Crippen molar-refractivity contribution in [3.05, 3.63) is 176 Å². The van der Waals surface area contributed by atoms with Gasteiger partial charge in [-0.2, -0.15) is 4.98 Å². The van der Waals surface area contributed by atoms with Crippen molar-refractivity contribution >= 4 is 76.2 Å². The van der Waals surface area contributed by atoms with Crippen molar-refractivity contribution in [3.63, 3.8) is 0 Å². The van der Waals surface area contributed by atoms with Crippen LogP contribution in [0.5, 0.6) is 0 Å². The molecule has 0 aliphatic heterocycles. The summed E-state index contributed by atoms with van der Waals surface area (Å²) < 4.78 is 8.89. The lowest BCUT2D eigenvalue weighted by Crippen LogP contribution is -1.97. The zero-order valence-corrected chi connectivity index (χ0v) is 30.0. The van der Waals surface area contributed by atoms with E-state index in [1.165, 1.54) is 76.4 Å². The minimum Gasteiger partial charge on any atom is -0.438 e. The van der Waals surface area contributed by atoms with Gasteiger partial charge in [-0.15, -0.1) is 0 Å². The van der Waals surface area contributed by atoms with E-state index in [1.54, 1.807) is 0 Å². The summed E-state index contributed by atoms with van der Waals surface area (Å²) in [4.78, 5) is 10.5. The minimum atomic E-state index is 0.586. The third-order valence-electron chi connectivity index (χ3n) is 12.0. The fourth-order valence-corrected chi connectivity index (χ4v) is 9.55. The second-order valence-electron chi connectivity index (χ2n) is 14.9. The van der Waals surface area contributed by atoms with Gasteiger partial charge in [-0.1, -0.05) is 133 Å². The minimum absolute atomic E-state index is 0.586. The van der Waals surface area contributed by atoms with Gasteiger partial charge in [0.2, 0.25) is 5.71 Å². The van der Waals surface area contributed by atoms with E-state index in [0.29, 0.717) is 11.5 Å². The average molecular weight is 712 g/mol. The van der Waals surface area contributed by atoms with E-state index in [9.17, 15) is 0 Å². The van der Waals surface area contributed by atoms with Gasteiger partial charge in [0.05, 0.1) is 22.1 Å². The highest BCUT2D eigenvalue weighted by atomic mass is 16.3. The van der Waals surface area contributed by atoms with Crippen molar-refractivity contribution in [2.24, 2.45) is 0 Å². The van der Waals surface area contributed by atoms with E-state index >= 15 is 0 Å². The summed E-state index contributed by atoms with van der Waals surface area (Å²) in [5.41, 5.74) is 12.8. The first-order valence-electron chi connectivity index (χ1n) is 19.1. The monoisotopic (exact) mass is 711 g/mol. The molecule has 4 nitrogen and oxygen atoms in total. The van der Waals surface area contributed by atoms with Crippen molar-refractivity contribution in [3.8, 4) is 50.6 Å². The summed E-state index contributed by atoms with van der Waals surface area (Å²) in [6, 6.07) is 63.1. The first-order chi connectivity index (χ1) is 27.8. The number of aromatic nitrogens is 3. The lowest BCUT2D eigenvalue weighted by molar-refractivity contribution is 0.653. The van der Waals surface area contributed by atoms with Crippen LogP contribution in [0.2, 0.25) is 0 Å². The van der Waals surface area contributed by atoms with Gasteiger partial charge in [-0.05, 0) is 97.0 Å². The molecule has 56 heavy (non-hydrogen) atoms. The largest absolute Gasteiger partial charge is 0.438 e. The maximum absolute atomic E-state index is 6.49. The Bertz CT molecular complexity index is 3520. The Labute approximate surface area is 320 Å². The van der Waals surface area contributed by atoms with Crippen LogP contribution in [-0.4, -0.2) is 14.5 Å². The lowest BCUT2D eigenvalue weighted by atomic mass is 9.95. The molecule has 0 fully saturated rings. The lowest BCUT2D eigenvalue weighted by Gasteiger charge is -2.12. The number of furan rings is 1. The number of benzene rings is 9. The molecule has 258 valence electrons. The third kappa shape index (κ3) is 3.97. The highest BCUT2D eigenvalue weighted by Crippen LogP contribution is 2.50. The van der Waals surface area contributed by atoms with Crippen LogP contribution in [0.4, 0.5) is 0 Å². The van der Waals surface area contributed by atoms with Crippen molar-refractivity contribution < 1.29 is 4.42 Å². The van der Waals surface area contributed by atoms with Crippen LogP contribution >= 0.6 is 0 Å². The number of hydrogen-bond donors (Lipinski definition) is 0. The van der Waals surface area contributed by atoms with Crippen LogP contribution in [0.15, 0.2) is 180 Å². The molecule has 3 aromatic heterocycles.